The summed E-state index contributed by atoms with van der Waals surface area (Å²) >= 11 is 4.99. The van der Waals surface area contributed by atoms with E-state index in [0.717, 1.165) is 36.3 Å². The van der Waals surface area contributed by atoms with E-state index < -0.39 is 16.8 Å². The Morgan fingerprint density at radius 2 is 1.53 bits per heavy atom. The second-order valence-electron chi connectivity index (χ2n) is 10.4. The first-order chi connectivity index (χ1) is 15.4. The van der Waals surface area contributed by atoms with Crippen molar-refractivity contribution in [1.82, 2.24) is 0 Å². The number of alkyl halides is 3. The zero-order chi connectivity index (χ0) is 23.0. The first-order valence-corrected chi connectivity index (χ1v) is 15.6. The van der Waals surface area contributed by atoms with Gasteiger partial charge in [0, 0.05) is 8.80 Å². The lowest BCUT2D eigenvalue weighted by molar-refractivity contribution is 0.0906. The van der Waals surface area contributed by atoms with Crippen LogP contribution < -0.4 is 0 Å². The predicted molar refractivity (Wildman–Crippen MR) is 132 cm³/mol. The molecule has 1 radical (unpaired) electrons. The molecular formula is C27H41ClF3Si. The summed E-state index contributed by atoms with van der Waals surface area (Å²) in [6.07, 6.45) is 17.1. The van der Waals surface area contributed by atoms with Crippen LogP contribution in [0.4, 0.5) is 13.2 Å². The largest absolute Gasteiger partial charge is 0.351 e. The molecule has 2 aliphatic rings. The predicted octanol–water partition coefficient (Wildman–Crippen LogP) is 10.0. The summed E-state index contributed by atoms with van der Waals surface area (Å²) in [4.78, 5) is 0. The molecule has 3 rings (SSSR count). The Hall–Kier alpha value is -0.483. The van der Waals surface area contributed by atoms with Gasteiger partial charge in [0.2, 0.25) is 0 Å². The molecule has 0 atom stereocenters. The summed E-state index contributed by atoms with van der Waals surface area (Å²) < 4.78 is 40.5. The summed E-state index contributed by atoms with van der Waals surface area (Å²) in [5.41, 5.74) is 0.127. The van der Waals surface area contributed by atoms with Crippen molar-refractivity contribution in [3.63, 3.8) is 0 Å². The summed E-state index contributed by atoms with van der Waals surface area (Å²) in [7, 11) is -0.00711. The van der Waals surface area contributed by atoms with E-state index in [1.54, 1.807) is 24.2 Å². The molecule has 2 fully saturated rings. The zero-order valence-electron chi connectivity index (χ0n) is 19.8. The quantitative estimate of drug-likeness (QED) is 0.166. The van der Waals surface area contributed by atoms with Gasteiger partial charge in [0.05, 0.1) is 5.56 Å². The molecule has 5 heteroatoms. The molecule has 1 aromatic rings. The van der Waals surface area contributed by atoms with Crippen molar-refractivity contribution in [2.75, 3.05) is 0 Å². The molecule has 0 aromatic heterocycles. The molecule has 1 saturated carbocycles. The third kappa shape index (κ3) is 8.08. The van der Waals surface area contributed by atoms with E-state index in [1.807, 2.05) is 0 Å². The monoisotopic (exact) mass is 485 g/mol. The SMILES string of the molecule is CCCCC[Si]1CCC(CCCCC2CCC(c3ccc(C(F)(F)Cl)c(F)c3)CC2)CC1. The second-order valence-corrected chi connectivity index (χ2v) is 13.9. The Kier molecular flexibility index (Phi) is 10.5. The molecule has 1 aliphatic heterocycles. The number of unbranched alkanes of at least 4 members (excludes halogenated alkanes) is 3. The van der Waals surface area contributed by atoms with Gasteiger partial charge in [0.25, 0.3) is 0 Å². The molecule has 1 heterocycles. The van der Waals surface area contributed by atoms with Gasteiger partial charge in [-0.25, -0.2) is 4.39 Å². The van der Waals surface area contributed by atoms with Crippen LogP contribution in [0, 0.1) is 17.7 Å². The Morgan fingerprint density at radius 1 is 0.906 bits per heavy atom. The van der Waals surface area contributed by atoms with Crippen LogP contribution in [0.3, 0.4) is 0 Å². The average Bonchev–Trinajstić information content (AvgIpc) is 2.77. The summed E-state index contributed by atoms with van der Waals surface area (Å²) in [6.45, 7) is 2.30. The molecule has 32 heavy (non-hydrogen) atoms. The number of halogens is 4. The van der Waals surface area contributed by atoms with Crippen molar-refractivity contribution >= 4 is 20.4 Å². The van der Waals surface area contributed by atoms with Crippen LogP contribution in [0.25, 0.3) is 0 Å². The smallest absolute Gasteiger partial charge is 0.206 e. The summed E-state index contributed by atoms with van der Waals surface area (Å²) in [6, 6.07) is 8.76. The lowest BCUT2D eigenvalue weighted by atomic mass is 9.77. The maximum absolute atomic E-state index is 14.1. The first kappa shape index (κ1) is 26.1. The number of rotatable bonds is 11. The molecule has 0 unspecified atom stereocenters. The molecule has 0 amide bonds. The Balaban J connectivity index is 1.29. The number of hydrogen-bond acceptors (Lipinski definition) is 0. The standard InChI is InChI=1S/C27H41ClF3Si/c1-2-3-6-17-32-18-15-22(16-19-32)8-5-4-7-21-9-11-23(12-10-21)24-13-14-25(26(29)20-24)27(28,30)31/h13-14,20-23H,2-12,15-19H2,1H3. The highest BCUT2D eigenvalue weighted by Gasteiger charge is 2.32. The highest BCUT2D eigenvalue weighted by Crippen LogP contribution is 2.40. The van der Waals surface area contributed by atoms with Gasteiger partial charge in [-0.3, -0.25) is 0 Å². The van der Waals surface area contributed by atoms with E-state index in [0.29, 0.717) is 0 Å². The van der Waals surface area contributed by atoms with Gasteiger partial charge in [-0.05, 0) is 72.7 Å². The maximum atomic E-state index is 14.1. The van der Waals surface area contributed by atoms with E-state index in [1.165, 1.54) is 76.7 Å². The molecule has 0 N–H and O–H groups in total. The van der Waals surface area contributed by atoms with Crippen molar-refractivity contribution in [3.8, 4) is 0 Å². The van der Waals surface area contributed by atoms with E-state index in [2.05, 4.69) is 6.92 Å². The minimum Gasteiger partial charge on any atom is -0.206 e. The highest BCUT2D eigenvalue weighted by atomic mass is 35.5. The lowest BCUT2D eigenvalue weighted by Crippen LogP contribution is -2.21. The van der Waals surface area contributed by atoms with Gasteiger partial charge >= 0.3 is 5.38 Å². The van der Waals surface area contributed by atoms with Gasteiger partial charge in [-0.1, -0.05) is 88.9 Å². The number of benzene rings is 1. The molecular weight excluding hydrogens is 445 g/mol. The van der Waals surface area contributed by atoms with Crippen molar-refractivity contribution < 1.29 is 13.2 Å². The van der Waals surface area contributed by atoms with E-state index in [9.17, 15) is 13.2 Å². The van der Waals surface area contributed by atoms with Crippen LogP contribution in [0.15, 0.2) is 18.2 Å². The van der Waals surface area contributed by atoms with Crippen LogP contribution >= 0.6 is 11.6 Å². The minimum absolute atomic E-state index is 0.00711. The normalized spacial score (nSPS) is 23.5. The average molecular weight is 486 g/mol. The van der Waals surface area contributed by atoms with E-state index in [4.69, 9.17) is 11.6 Å². The van der Waals surface area contributed by atoms with Crippen molar-refractivity contribution in [2.45, 2.75) is 120 Å². The Bertz CT molecular complexity index is 674. The third-order valence-electron chi connectivity index (χ3n) is 8.04. The highest BCUT2D eigenvalue weighted by molar-refractivity contribution is 6.58. The second kappa shape index (κ2) is 12.8. The van der Waals surface area contributed by atoms with Crippen LogP contribution in [0.2, 0.25) is 18.1 Å². The Labute approximate surface area is 200 Å². The van der Waals surface area contributed by atoms with Crippen molar-refractivity contribution in [2.24, 2.45) is 11.8 Å². The molecule has 1 aromatic carbocycles. The van der Waals surface area contributed by atoms with E-state index >= 15 is 0 Å². The molecule has 0 spiro atoms. The van der Waals surface area contributed by atoms with Crippen LogP contribution in [-0.4, -0.2) is 8.80 Å². The van der Waals surface area contributed by atoms with Gasteiger partial charge < -0.3 is 0 Å². The van der Waals surface area contributed by atoms with Gasteiger partial charge in [-0.2, -0.15) is 8.78 Å². The lowest BCUT2D eigenvalue weighted by Gasteiger charge is -2.30. The van der Waals surface area contributed by atoms with Gasteiger partial charge in [0.1, 0.15) is 5.82 Å². The maximum Gasteiger partial charge on any atom is 0.351 e. The molecule has 0 nitrogen and oxygen atoms in total. The van der Waals surface area contributed by atoms with Crippen LogP contribution in [0.5, 0.6) is 0 Å². The van der Waals surface area contributed by atoms with Crippen molar-refractivity contribution in [1.29, 1.82) is 0 Å². The fourth-order valence-electron chi connectivity index (χ4n) is 5.92. The molecule has 1 saturated heterocycles. The van der Waals surface area contributed by atoms with Crippen LogP contribution in [-0.2, 0) is 5.38 Å². The fraction of sp³-hybridized carbons (Fsp3) is 0.778. The minimum atomic E-state index is -3.64. The zero-order valence-corrected chi connectivity index (χ0v) is 21.5. The fourth-order valence-corrected chi connectivity index (χ4v) is 9.20. The molecule has 181 valence electrons. The molecule has 0 bridgehead atoms. The third-order valence-corrected chi connectivity index (χ3v) is 11.3. The topological polar surface area (TPSA) is 0 Å². The Morgan fingerprint density at radius 3 is 2.09 bits per heavy atom. The summed E-state index contributed by atoms with van der Waals surface area (Å²) in [5.74, 6) is 1.17. The molecule has 1 aliphatic carbocycles. The van der Waals surface area contributed by atoms with Crippen molar-refractivity contribution in [3.05, 3.63) is 35.1 Å². The van der Waals surface area contributed by atoms with Gasteiger partial charge in [0.15, 0.2) is 0 Å². The van der Waals surface area contributed by atoms with E-state index in [-0.39, 0.29) is 14.7 Å². The van der Waals surface area contributed by atoms with Gasteiger partial charge in [-0.15, -0.1) is 0 Å². The first-order valence-electron chi connectivity index (χ1n) is 13.1. The summed E-state index contributed by atoms with van der Waals surface area (Å²) in [5, 5.41) is -3.64. The van der Waals surface area contributed by atoms with Crippen LogP contribution in [0.1, 0.15) is 107 Å². The number of hydrogen-bond donors (Lipinski definition) is 0.